The zero-order valence-electron chi connectivity index (χ0n) is 12.2. The second-order valence-electron chi connectivity index (χ2n) is 5.77. The molecule has 0 bridgehead atoms. The number of hydrogen-bond donors (Lipinski definition) is 0. The average molecular weight is 270 g/mol. The Labute approximate surface area is 120 Å². The molecule has 20 heavy (non-hydrogen) atoms. The molecule has 0 N–H and O–H groups in total. The van der Waals surface area contributed by atoms with Crippen molar-refractivity contribution in [2.24, 2.45) is 7.05 Å². The Hall–Kier alpha value is -1.68. The summed E-state index contributed by atoms with van der Waals surface area (Å²) >= 11 is 0. The van der Waals surface area contributed by atoms with Crippen molar-refractivity contribution in [3.63, 3.8) is 0 Å². The molecule has 4 heteroatoms. The lowest BCUT2D eigenvalue weighted by Gasteiger charge is -2.39. The fourth-order valence-corrected chi connectivity index (χ4v) is 3.14. The van der Waals surface area contributed by atoms with Gasteiger partial charge in [0.25, 0.3) is 0 Å². The molecule has 1 aromatic heterocycles. The van der Waals surface area contributed by atoms with Gasteiger partial charge in [0.15, 0.2) is 0 Å². The van der Waals surface area contributed by atoms with Gasteiger partial charge in [-0.1, -0.05) is 35.5 Å². The first-order chi connectivity index (χ1) is 9.74. The van der Waals surface area contributed by atoms with Crippen LogP contribution in [-0.4, -0.2) is 25.9 Å². The average Bonchev–Trinajstić information content (AvgIpc) is 2.89. The van der Waals surface area contributed by atoms with Crippen LogP contribution in [0.1, 0.15) is 43.5 Å². The van der Waals surface area contributed by atoms with Gasteiger partial charge in [-0.05, 0) is 31.7 Å². The molecule has 0 aliphatic carbocycles. The van der Waals surface area contributed by atoms with Gasteiger partial charge < -0.3 is 0 Å². The Morgan fingerprint density at radius 2 is 2.00 bits per heavy atom. The highest BCUT2D eigenvalue weighted by atomic mass is 15.4. The van der Waals surface area contributed by atoms with E-state index in [0.29, 0.717) is 12.1 Å². The van der Waals surface area contributed by atoms with Crippen molar-refractivity contribution in [2.75, 3.05) is 0 Å². The lowest BCUT2D eigenvalue weighted by atomic mass is 9.94. The Kier molecular flexibility index (Phi) is 3.83. The van der Waals surface area contributed by atoms with Crippen LogP contribution in [0.5, 0.6) is 0 Å². The van der Waals surface area contributed by atoms with Crippen molar-refractivity contribution < 1.29 is 0 Å². The van der Waals surface area contributed by atoms with Gasteiger partial charge in [0.2, 0.25) is 0 Å². The summed E-state index contributed by atoms with van der Waals surface area (Å²) < 4.78 is 1.80. The summed E-state index contributed by atoms with van der Waals surface area (Å²) in [6.07, 6.45) is 5.77. The van der Waals surface area contributed by atoms with E-state index in [1.807, 2.05) is 7.05 Å². The highest BCUT2D eigenvalue weighted by Gasteiger charge is 2.30. The molecule has 1 aliphatic rings. The standard InChI is InChI=1S/C16H22N4/c1-13-7-6-10-16(15-12-19(2)18-17-15)20(13)11-14-8-4-3-5-9-14/h3-5,8-9,12-13,16H,6-7,10-11H2,1-2H3/t13-,16-/m0/s1. The molecule has 1 aliphatic heterocycles. The van der Waals surface area contributed by atoms with Crippen LogP contribution in [0.15, 0.2) is 36.5 Å². The molecule has 4 nitrogen and oxygen atoms in total. The van der Waals surface area contributed by atoms with Crippen molar-refractivity contribution >= 4 is 0 Å². The first-order valence-electron chi connectivity index (χ1n) is 7.40. The monoisotopic (exact) mass is 270 g/mol. The summed E-state index contributed by atoms with van der Waals surface area (Å²) in [6, 6.07) is 11.7. The Bertz CT molecular complexity index is 549. The summed E-state index contributed by atoms with van der Waals surface area (Å²) in [4.78, 5) is 2.57. The largest absolute Gasteiger partial charge is 0.288 e. The van der Waals surface area contributed by atoms with Crippen molar-refractivity contribution in [2.45, 2.75) is 44.8 Å². The predicted octanol–water partition coefficient (Wildman–Crippen LogP) is 2.93. The molecule has 1 fully saturated rings. The SMILES string of the molecule is C[C@H]1CCC[C@@H](c2cn(C)nn2)N1Cc1ccccc1. The normalized spacial score (nSPS) is 23.9. The minimum Gasteiger partial charge on any atom is -0.288 e. The van der Waals surface area contributed by atoms with Gasteiger partial charge in [-0.3, -0.25) is 9.58 Å². The number of likely N-dealkylation sites (tertiary alicyclic amines) is 1. The van der Waals surface area contributed by atoms with Crippen molar-refractivity contribution in [1.29, 1.82) is 0 Å². The summed E-state index contributed by atoms with van der Waals surface area (Å²) in [5.74, 6) is 0. The number of hydrogen-bond acceptors (Lipinski definition) is 3. The number of aromatic nitrogens is 3. The smallest absolute Gasteiger partial charge is 0.0998 e. The van der Waals surface area contributed by atoms with Gasteiger partial charge in [-0.2, -0.15) is 0 Å². The van der Waals surface area contributed by atoms with Crippen LogP contribution in [-0.2, 0) is 13.6 Å². The fraction of sp³-hybridized carbons (Fsp3) is 0.500. The van der Waals surface area contributed by atoms with Crippen LogP contribution >= 0.6 is 0 Å². The molecule has 0 amide bonds. The van der Waals surface area contributed by atoms with Crippen LogP contribution in [0, 0.1) is 0 Å². The van der Waals surface area contributed by atoms with Crippen LogP contribution in [0.2, 0.25) is 0 Å². The molecule has 0 radical (unpaired) electrons. The predicted molar refractivity (Wildman–Crippen MR) is 79.0 cm³/mol. The number of aryl methyl sites for hydroxylation is 1. The van der Waals surface area contributed by atoms with Gasteiger partial charge in [-0.15, -0.1) is 5.10 Å². The molecule has 1 saturated heterocycles. The van der Waals surface area contributed by atoms with Gasteiger partial charge >= 0.3 is 0 Å². The Morgan fingerprint density at radius 3 is 2.70 bits per heavy atom. The summed E-state index contributed by atoms with van der Waals surface area (Å²) in [6.45, 7) is 3.31. The van der Waals surface area contributed by atoms with Gasteiger partial charge in [-0.25, -0.2) is 0 Å². The topological polar surface area (TPSA) is 34.0 Å². The lowest BCUT2D eigenvalue weighted by Crippen LogP contribution is -2.39. The zero-order chi connectivity index (χ0) is 13.9. The van der Waals surface area contributed by atoms with E-state index in [-0.39, 0.29) is 0 Å². The zero-order valence-corrected chi connectivity index (χ0v) is 12.2. The maximum Gasteiger partial charge on any atom is 0.0998 e. The first-order valence-corrected chi connectivity index (χ1v) is 7.40. The Morgan fingerprint density at radius 1 is 1.20 bits per heavy atom. The van der Waals surface area contributed by atoms with E-state index in [0.717, 1.165) is 12.2 Å². The highest BCUT2D eigenvalue weighted by Crippen LogP contribution is 2.34. The molecule has 106 valence electrons. The molecule has 2 heterocycles. The third-order valence-corrected chi connectivity index (χ3v) is 4.24. The molecular weight excluding hydrogens is 248 g/mol. The highest BCUT2D eigenvalue weighted by molar-refractivity contribution is 5.16. The van der Waals surface area contributed by atoms with E-state index in [9.17, 15) is 0 Å². The van der Waals surface area contributed by atoms with Crippen LogP contribution in [0.25, 0.3) is 0 Å². The van der Waals surface area contributed by atoms with E-state index < -0.39 is 0 Å². The second-order valence-corrected chi connectivity index (χ2v) is 5.77. The van der Waals surface area contributed by atoms with Gasteiger partial charge in [0, 0.05) is 25.8 Å². The van der Waals surface area contributed by atoms with E-state index in [1.54, 1.807) is 4.68 Å². The maximum absolute atomic E-state index is 4.34. The lowest BCUT2D eigenvalue weighted by molar-refractivity contribution is 0.0817. The third-order valence-electron chi connectivity index (χ3n) is 4.24. The second kappa shape index (κ2) is 5.75. The van der Waals surface area contributed by atoms with E-state index >= 15 is 0 Å². The van der Waals surface area contributed by atoms with Crippen LogP contribution < -0.4 is 0 Å². The van der Waals surface area contributed by atoms with E-state index in [2.05, 4.69) is 58.7 Å². The third kappa shape index (κ3) is 2.75. The molecule has 2 aromatic rings. The van der Waals surface area contributed by atoms with Crippen molar-refractivity contribution in [3.8, 4) is 0 Å². The number of rotatable bonds is 3. The minimum atomic E-state index is 0.396. The van der Waals surface area contributed by atoms with Crippen molar-refractivity contribution in [1.82, 2.24) is 19.9 Å². The maximum atomic E-state index is 4.34. The van der Waals surface area contributed by atoms with Crippen LogP contribution in [0.4, 0.5) is 0 Å². The summed E-state index contributed by atoms with van der Waals surface area (Å²) in [5, 5.41) is 8.44. The number of nitrogens with zero attached hydrogens (tertiary/aromatic N) is 4. The summed E-state index contributed by atoms with van der Waals surface area (Å²) in [7, 11) is 1.93. The molecule has 1 aromatic carbocycles. The first kappa shape index (κ1) is 13.3. The molecule has 0 unspecified atom stereocenters. The van der Waals surface area contributed by atoms with E-state index in [1.165, 1.54) is 24.8 Å². The minimum absolute atomic E-state index is 0.396. The van der Waals surface area contributed by atoms with E-state index in [4.69, 9.17) is 0 Å². The fourth-order valence-electron chi connectivity index (χ4n) is 3.14. The molecule has 0 spiro atoms. The van der Waals surface area contributed by atoms with Gasteiger partial charge in [0.1, 0.15) is 0 Å². The molecule has 3 rings (SSSR count). The Balaban J connectivity index is 1.83. The van der Waals surface area contributed by atoms with Gasteiger partial charge in [0.05, 0.1) is 11.7 Å². The molecular formula is C16H22N4. The number of benzene rings is 1. The quantitative estimate of drug-likeness (QED) is 0.860. The summed E-state index contributed by atoms with van der Waals surface area (Å²) in [5.41, 5.74) is 2.48. The molecule has 2 atom stereocenters. The van der Waals surface area contributed by atoms with Crippen molar-refractivity contribution in [3.05, 3.63) is 47.8 Å². The van der Waals surface area contributed by atoms with Crippen LogP contribution in [0.3, 0.4) is 0 Å². The molecule has 0 saturated carbocycles. The number of piperidine rings is 1.